The Hall–Kier alpha value is -1.10. The molecule has 0 unspecified atom stereocenters. The van der Waals surface area contributed by atoms with Crippen molar-refractivity contribution in [3.8, 4) is 0 Å². The molecule has 1 aromatic heterocycles. The van der Waals surface area contributed by atoms with Crippen molar-refractivity contribution in [3.63, 3.8) is 0 Å². The molecule has 0 aliphatic rings. The van der Waals surface area contributed by atoms with Gasteiger partial charge in [0.1, 0.15) is 5.76 Å². The van der Waals surface area contributed by atoms with Gasteiger partial charge in [0, 0.05) is 20.2 Å². The third-order valence-electron chi connectivity index (χ3n) is 2.74. The number of nitrogens with zero attached hydrogens (tertiary/aromatic N) is 1. The summed E-state index contributed by atoms with van der Waals surface area (Å²) in [5.41, 5.74) is 0. The molecule has 0 saturated carbocycles. The Kier molecular flexibility index (Phi) is 7.41. The molecule has 0 spiro atoms. The highest BCUT2D eigenvalue weighted by Gasteiger charge is 2.12. The third kappa shape index (κ3) is 6.00. The molecule has 0 bridgehead atoms. The maximum Gasteiger partial charge on any atom is 0.117 e. The summed E-state index contributed by atoms with van der Waals surface area (Å²) in [4.78, 5) is 2.14. The molecule has 18 heavy (non-hydrogen) atoms. The average Bonchev–Trinajstić information content (AvgIpc) is 2.86. The predicted octanol–water partition coefficient (Wildman–Crippen LogP) is 2.06. The minimum Gasteiger partial charge on any atom is -0.468 e. The van der Waals surface area contributed by atoms with Crippen molar-refractivity contribution in [1.82, 2.24) is 4.90 Å². The summed E-state index contributed by atoms with van der Waals surface area (Å²) < 4.78 is 10.4. The summed E-state index contributed by atoms with van der Waals surface area (Å²) >= 11 is 0. The van der Waals surface area contributed by atoms with E-state index in [0.29, 0.717) is 19.7 Å². The first-order valence-electron chi connectivity index (χ1n) is 6.29. The van der Waals surface area contributed by atoms with Gasteiger partial charge in [-0.2, -0.15) is 0 Å². The van der Waals surface area contributed by atoms with Crippen molar-refractivity contribution in [2.24, 2.45) is 0 Å². The average molecular weight is 253 g/mol. The standard InChI is InChI=1S/C14H23NO3/c1-3-4-6-13(16)11-15(8-10-17-2)12-14-7-5-9-18-14/h3,5,7,9,13,16H,1,4,6,8,10-12H2,2H3/t13-/m1/s1. The zero-order valence-electron chi connectivity index (χ0n) is 11.0. The van der Waals surface area contributed by atoms with Gasteiger partial charge >= 0.3 is 0 Å². The Morgan fingerprint density at radius 3 is 3.06 bits per heavy atom. The highest BCUT2D eigenvalue weighted by atomic mass is 16.5. The Bertz CT molecular complexity index is 311. The Morgan fingerprint density at radius 2 is 2.44 bits per heavy atom. The van der Waals surface area contributed by atoms with Gasteiger partial charge in [-0.05, 0) is 25.0 Å². The monoisotopic (exact) mass is 253 g/mol. The summed E-state index contributed by atoms with van der Waals surface area (Å²) in [6, 6.07) is 3.81. The molecule has 0 radical (unpaired) electrons. The summed E-state index contributed by atoms with van der Waals surface area (Å²) in [6.45, 7) is 6.41. The lowest BCUT2D eigenvalue weighted by molar-refractivity contribution is 0.0773. The van der Waals surface area contributed by atoms with E-state index in [-0.39, 0.29) is 6.10 Å². The fourth-order valence-corrected chi connectivity index (χ4v) is 1.78. The number of allylic oxidation sites excluding steroid dienone is 1. The molecule has 0 aliphatic heterocycles. The van der Waals surface area contributed by atoms with Crippen LogP contribution in [-0.4, -0.2) is 42.9 Å². The lowest BCUT2D eigenvalue weighted by Crippen LogP contribution is -2.34. The minimum atomic E-state index is -0.338. The first kappa shape index (κ1) is 15.0. The molecule has 1 N–H and O–H groups in total. The van der Waals surface area contributed by atoms with Gasteiger partial charge in [0.05, 0.1) is 25.5 Å². The second-order valence-electron chi connectivity index (χ2n) is 4.33. The number of hydrogen-bond donors (Lipinski definition) is 1. The van der Waals surface area contributed by atoms with Crippen molar-refractivity contribution in [3.05, 3.63) is 36.8 Å². The van der Waals surface area contributed by atoms with Crippen LogP contribution in [0.25, 0.3) is 0 Å². The van der Waals surface area contributed by atoms with Crippen LogP contribution in [-0.2, 0) is 11.3 Å². The van der Waals surface area contributed by atoms with Crippen LogP contribution >= 0.6 is 0 Å². The van der Waals surface area contributed by atoms with Crippen molar-refractivity contribution in [2.75, 3.05) is 26.8 Å². The molecule has 1 rings (SSSR count). The van der Waals surface area contributed by atoms with E-state index in [2.05, 4.69) is 11.5 Å². The molecular weight excluding hydrogens is 230 g/mol. The zero-order valence-corrected chi connectivity index (χ0v) is 11.0. The molecule has 1 aromatic rings. The summed E-state index contributed by atoms with van der Waals surface area (Å²) in [5.74, 6) is 0.905. The van der Waals surface area contributed by atoms with Gasteiger partial charge in [0.15, 0.2) is 0 Å². The lowest BCUT2D eigenvalue weighted by Gasteiger charge is -2.23. The maximum absolute atomic E-state index is 9.92. The SMILES string of the molecule is C=CCC[C@@H](O)CN(CCOC)Cc1ccco1. The smallest absolute Gasteiger partial charge is 0.117 e. The lowest BCUT2D eigenvalue weighted by atomic mass is 10.2. The molecule has 0 fully saturated rings. The van der Waals surface area contributed by atoms with E-state index in [1.165, 1.54) is 0 Å². The largest absolute Gasteiger partial charge is 0.468 e. The second kappa shape index (κ2) is 8.91. The van der Waals surface area contributed by atoms with Crippen LogP contribution in [0.1, 0.15) is 18.6 Å². The van der Waals surface area contributed by atoms with E-state index in [0.717, 1.165) is 25.1 Å². The molecule has 0 aromatic carbocycles. The van der Waals surface area contributed by atoms with Crippen molar-refractivity contribution < 1.29 is 14.3 Å². The summed E-state index contributed by atoms with van der Waals surface area (Å²) in [5, 5.41) is 9.92. The molecule has 1 atom stereocenters. The fourth-order valence-electron chi connectivity index (χ4n) is 1.78. The van der Waals surface area contributed by atoms with E-state index in [4.69, 9.17) is 9.15 Å². The third-order valence-corrected chi connectivity index (χ3v) is 2.74. The number of rotatable bonds is 10. The van der Waals surface area contributed by atoms with Crippen LogP contribution in [0, 0.1) is 0 Å². The molecule has 0 saturated heterocycles. The number of ether oxygens (including phenoxy) is 1. The topological polar surface area (TPSA) is 45.8 Å². The van der Waals surface area contributed by atoms with Crippen LogP contribution in [0.2, 0.25) is 0 Å². The molecule has 102 valence electrons. The molecular formula is C14H23NO3. The van der Waals surface area contributed by atoms with Crippen LogP contribution in [0.15, 0.2) is 35.5 Å². The van der Waals surface area contributed by atoms with Gasteiger partial charge in [-0.15, -0.1) is 6.58 Å². The van der Waals surface area contributed by atoms with E-state index in [1.54, 1.807) is 13.4 Å². The number of aliphatic hydroxyl groups is 1. The zero-order chi connectivity index (χ0) is 13.2. The first-order chi connectivity index (χ1) is 8.76. The predicted molar refractivity (Wildman–Crippen MR) is 71.3 cm³/mol. The normalized spacial score (nSPS) is 12.8. The van der Waals surface area contributed by atoms with Gasteiger partial charge in [-0.25, -0.2) is 0 Å². The number of hydrogen-bond acceptors (Lipinski definition) is 4. The minimum absolute atomic E-state index is 0.338. The Morgan fingerprint density at radius 1 is 1.61 bits per heavy atom. The highest BCUT2D eigenvalue weighted by Crippen LogP contribution is 2.08. The van der Waals surface area contributed by atoms with Gasteiger partial charge in [0.2, 0.25) is 0 Å². The number of aliphatic hydroxyl groups excluding tert-OH is 1. The van der Waals surface area contributed by atoms with Crippen molar-refractivity contribution >= 4 is 0 Å². The van der Waals surface area contributed by atoms with Gasteiger partial charge in [0.25, 0.3) is 0 Å². The highest BCUT2D eigenvalue weighted by molar-refractivity contribution is 4.98. The van der Waals surface area contributed by atoms with Crippen LogP contribution < -0.4 is 0 Å². The molecule has 4 heteroatoms. The quantitative estimate of drug-likeness (QED) is 0.648. The maximum atomic E-state index is 9.92. The van der Waals surface area contributed by atoms with Crippen LogP contribution in [0.5, 0.6) is 0 Å². The van der Waals surface area contributed by atoms with Gasteiger partial charge in [-0.3, -0.25) is 4.90 Å². The first-order valence-corrected chi connectivity index (χ1v) is 6.29. The molecule has 0 amide bonds. The number of methoxy groups -OCH3 is 1. The number of furan rings is 1. The molecule has 0 aliphatic carbocycles. The van der Waals surface area contributed by atoms with E-state index in [9.17, 15) is 5.11 Å². The van der Waals surface area contributed by atoms with Gasteiger partial charge < -0.3 is 14.3 Å². The van der Waals surface area contributed by atoms with Crippen LogP contribution in [0.4, 0.5) is 0 Å². The second-order valence-corrected chi connectivity index (χ2v) is 4.33. The molecule has 1 heterocycles. The van der Waals surface area contributed by atoms with Crippen molar-refractivity contribution in [1.29, 1.82) is 0 Å². The fraction of sp³-hybridized carbons (Fsp3) is 0.571. The van der Waals surface area contributed by atoms with E-state index in [1.807, 2.05) is 18.2 Å². The Balaban J connectivity index is 2.41. The van der Waals surface area contributed by atoms with Gasteiger partial charge in [-0.1, -0.05) is 6.08 Å². The summed E-state index contributed by atoms with van der Waals surface area (Å²) in [7, 11) is 1.68. The summed E-state index contributed by atoms with van der Waals surface area (Å²) in [6.07, 6.45) is 4.73. The van der Waals surface area contributed by atoms with Crippen LogP contribution in [0.3, 0.4) is 0 Å². The van der Waals surface area contributed by atoms with E-state index < -0.39 is 0 Å². The Labute approximate surface area is 109 Å². The van der Waals surface area contributed by atoms with E-state index >= 15 is 0 Å². The van der Waals surface area contributed by atoms with Crippen molar-refractivity contribution in [2.45, 2.75) is 25.5 Å². The molecule has 4 nitrogen and oxygen atoms in total.